The summed E-state index contributed by atoms with van der Waals surface area (Å²) in [7, 11) is 0. The first-order valence-electron chi connectivity index (χ1n) is 9.47. The SMILES string of the molecule is Cc1cc(CC(=O)Nc2cc(C3CC(OC(=O)CC4(C)CC4)CO3)[nH]n2)on1. The van der Waals surface area contributed by atoms with Gasteiger partial charge in [-0.05, 0) is 25.2 Å². The highest BCUT2D eigenvalue weighted by Gasteiger charge is 2.41. The van der Waals surface area contributed by atoms with Gasteiger partial charge in [-0.15, -0.1) is 0 Å². The molecule has 1 saturated heterocycles. The fourth-order valence-corrected chi connectivity index (χ4v) is 3.27. The van der Waals surface area contributed by atoms with Gasteiger partial charge in [-0.2, -0.15) is 5.10 Å². The molecular formula is C19H24N4O5. The predicted octanol–water partition coefficient (Wildman–Crippen LogP) is 2.45. The molecule has 1 saturated carbocycles. The summed E-state index contributed by atoms with van der Waals surface area (Å²) in [6.07, 6.45) is 2.80. The largest absolute Gasteiger partial charge is 0.460 e. The quantitative estimate of drug-likeness (QED) is 0.699. The van der Waals surface area contributed by atoms with Crippen LogP contribution in [0, 0.1) is 12.3 Å². The molecule has 2 fully saturated rings. The Morgan fingerprint density at radius 1 is 1.39 bits per heavy atom. The Hall–Kier alpha value is -2.68. The van der Waals surface area contributed by atoms with Crippen LogP contribution in [0.15, 0.2) is 16.7 Å². The first-order chi connectivity index (χ1) is 13.4. The van der Waals surface area contributed by atoms with Crippen LogP contribution in [0.1, 0.15) is 55.9 Å². The molecular weight excluding hydrogens is 364 g/mol. The molecule has 4 rings (SSSR count). The third kappa shape index (κ3) is 4.59. The summed E-state index contributed by atoms with van der Waals surface area (Å²) in [5, 5.41) is 13.4. The Bertz CT molecular complexity index is 869. The number of nitrogens with zero attached hydrogens (tertiary/aromatic N) is 2. The zero-order valence-electron chi connectivity index (χ0n) is 16.0. The van der Waals surface area contributed by atoms with E-state index in [1.807, 2.05) is 0 Å². The van der Waals surface area contributed by atoms with Gasteiger partial charge in [0.05, 0.1) is 30.8 Å². The lowest BCUT2D eigenvalue weighted by molar-refractivity contribution is -0.150. The molecule has 9 heteroatoms. The number of hydrogen-bond donors (Lipinski definition) is 2. The maximum absolute atomic E-state index is 12.1. The fraction of sp³-hybridized carbons (Fsp3) is 0.579. The van der Waals surface area contributed by atoms with Crippen molar-refractivity contribution >= 4 is 17.7 Å². The van der Waals surface area contributed by atoms with Crippen molar-refractivity contribution in [2.45, 2.75) is 58.2 Å². The van der Waals surface area contributed by atoms with Gasteiger partial charge in [0.2, 0.25) is 5.91 Å². The van der Waals surface area contributed by atoms with Crippen LogP contribution < -0.4 is 5.32 Å². The molecule has 9 nitrogen and oxygen atoms in total. The van der Waals surface area contributed by atoms with Crippen molar-refractivity contribution in [1.29, 1.82) is 0 Å². The van der Waals surface area contributed by atoms with E-state index in [0.717, 1.165) is 24.2 Å². The van der Waals surface area contributed by atoms with Crippen LogP contribution in [0.2, 0.25) is 0 Å². The summed E-state index contributed by atoms with van der Waals surface area (Å²) in [5.74, 6) is 0.493. The molecule has 0 aromatic carbocycles. The van der Waals surface area contributed by atoms with E-state index < -0.39 is 0 Å². The second-order valence-electron chi connectivity index (χ2n) is 8.03. The van der Waals surface area contributed by atoms with Crippen molar-refractivity contribution < 1.29 is 23.6 Å². The van der Waals surface area contributed by atoms with Crippen molar-refractivity contribution in [1.82, 2.24) is 15.4 Å². The van der Waals surface area contributed by atoms with Crippen molar-refractivity contribution in [2.24, 2.45) is 5.41 Å². The molecule has 2 N–H and O–H groups in total. The van der Waals surface area contributed by atoms with E-state index in [-0.39, 0.29) is 35.9 Å². The van der Waals surface area contributed by atoms with Crippen LogP contribution in [0.5, 0.6) is 0 Å². The van der Waals surface area contributed by atoms with Gasteiger partial charge in [-0.1, -0.05) is 12.1 Å². The van der Waals surface area contributed by atoms with Gasteiger partial charge in [0.15, 0.2) is 5.82 Å². The number of esters is 1. The molecule has 28 heavy (non-hydrogen) atoms. The van der Waals surface area contributed by atoms with Crippen LogP contribution >= 0.6 is 0 Å². The van der Waals surface area contributed by atoms with Crippen LogP contribution in [0.4, 0.5) is 5.82 Å². The minimum atomic E-state index is -0.254. The Morgan fingerprint density at radius 3 is 2.93 bits per heavy atom. The number of carbonyl (C=O) groups is 2. The van der Waals surface area contributed by atoms with E-state index >= 15 is 0 Å². The average molecular weight is 388 g/mol. The van der Waals surface area contributed by atoms with E-state index in [9.17, 15) is 9.59 Å². The number of aromatic nitrogens is 3. The fourth-order valence-electron chi connectivity index (χ4n) is 3.27. The Morgan fingerprint density at radius 2 is 2.21 bits per heavy atom. The molecule has 1 aliphatic carbocycles. The molecule has 2 aromatic heterocycles. The summed E-state index contributed by atoms with van der Waals surface area (Å²) in [6, 6.07) is 3.44. The molecule has 2 aliphatic rings. The summed E-state index contributed by atoms with van der Waals surface area (Å²) in [5.41, 5.74) is 1.60. The lowest BCUT2D eigenvalue weighted by Gasteiger charge is -2.12. The summed E-state index contributed by atoms with van der Waals surface area (Å²) in [4.78, 5) is 24.1. The number of ether oxygens (including phenoxy) is 2. The molecule has 0 bridgehead atoms. The van der Waals surface area contributed by atoms with Gasteiger partial charge in [0.1, 0.15) is 18.0 Å². The van der Waals surface area contributed by atoms with Gasteiger partial charge in [-0.3, -0.25) is 14.7 Å². The molecule has 150 valence electrons. The number of carbonyl (C=O) groups excluding carboxylic acids is 2. The molecule has 2 unspecified atom stereocenters. The van der Waals surface area contributed by atoms with Crippen molar-refractivity contribution in [3.8, 4) is 0 Å². The van der Waals surface area contributed by atoms with Crippen LogP contribution in [-0.4, -0.2) is 39.9 Å². The van der Waals surface area contributed by atoms with Crippen LogP contribution in [-0.2, 0) is 25.5 Å². The number of hydrogen-bond acceptors (Lipinski definition) is 7. The number of aromatic amines is 1. The second kappa shape index (κ2) is 7.38. The zero-order chi connectivity index (χ0) is 19.7. The minimum absolute atomic E-state index is 0.0832. The summed E-state index contributed by atoms with van der Waals surface area (Å²) >= 11 is 0. The highest BCUT2D eigenvalue weighted by Crippen LogP contribution is 2.48. The minimum Gasteiger partial charge on any atom is -0.460 e. The van der Waals surface area contributed by atoms with E-state index in [1.54, 1.807) is 19.1 Å². The van der Waals surface area contributed by atoms with Crippen molar-refractivity contribution in [3.63, 3.8) is 0 Å². The molecule has 0 spiro atoms. The number of anilines is 1. The van der Waals surface area contributed by atoms with Crippen molar-refractivity contribution in [3.05, 3.63) is 29.3 Å². The van der Waals surface area contributed by atoms with E-state index in [4.69, 9.17) is 14.0 Å². The predicted molar refractivity (Wildman–Crippen MR) is 97.3 cm³/mol. The van der Waals surface area contributed by atoms with E-state index in [1.165, 1.54) is 0 Å². The van der Waals surface area contributed by atoms with Gasteiger partial charge in [0, 0.05) is 18.6 Å². The molecule has 1 aliphatic heterocycles. The molecule has 2 aromatic rings. The van der Waals surface area contributed by atoms with E-state index in [0.29, 0.717) is 31.0 Å². The Labute approximate surface area is 162 Å². The van der Waals surface area contributed by atoms with Crippen molar-refractivity contribution in [2.75, 3.05) is 11.9 Å². The third-order valence-electron chi connectivity index (χ3n) is 5.16. The van der Waals surface area contributed by atoms with Gasteiger partial charge in [0.25, 0.3) is 0 Å². The normalized spacial score (nSPS) is 22.8. The number of rotatable bonds is 7. The zero-order valence-corrected chi connectivity index (χ0v) is 16.0. The highest BCUT2D eigenvalue weighted by atomic mass is 16.6. The lowest BCUT2D eigenvalue weighted by atomic mass is 10.1. The van der Waals surface area contributed by atoms with Crippen LogP contribution in [0.3, 0.4) is 0 Å². The van der Waals surface area contributed by atoms with Gasteiger partial charge in [-0.25, -0.2) is 0 Å². The first-order valence-corrected chi connectivity index (χ1v) is 9.47. The maximum Gasteiger partial charge on any atom is 0.306 e. The number of nitrogens with one attached hydrogen (secondary N) is 2. The molecule has 1 amide bonds. The summed E-state index contributed by atoms with van der Waals surface area (Å²) < 4.78 is 16.3. The number of aryl methyl sites for hydroxylation is 1. The highest BCUT2D eigenvalue weighted by molar-refractivity contribution is 5.91. The van der Waals surface area contributed by atoms with E-state index in [2.05, 4.69) is 27.6 Å². The Balaban J connectivity index is 1.26. The Kier molecular flexibility index (Phi) is 4.92. The average Bonchev–Trinajstić information content (AvgIpc) is 3.05. The molecule has 0 radical (unpaired) electrons. The molecule has 3 heterocycles. The lowest BCUT2D eigenvalue weighted by Crippen LogP contribution is -2.20. The number of H-pyrrole nitrogens is 1. The van der Waals surface area contributed by atoms with Gasteiger partial charge < -0.3 is 19.3 Å². The third-order valence-corrected chi connectivity index (χ3v) is 5.16. The van der Waals surface area contributed by atoms with Gasteiger partial charge >= 0.3 is 5.97 Å². The first kappa shape index (κ1) is 18.7. The number of amides is 1. The molecule has 2 atom stereocenters. The maximum atomic E-state index is 12.1. The topological polar surface area (TPSA) is 119 Å². The summed E-state index contributed by atoms with van der Waals surface area (Å²) in [6.45, 7) is 4.26. The second-order valence-corrected chi connectivity index (χ2v) is 8.03. The smallest absolute Gasteiger partial charge is 0.306 e. The monoisotopic (exact) mass is 388 g/mol. The standard InChI is InChI=1S/C19H24N4O5/c1-11-5-12(28-23-11)7-17(24)20-16-8-14(21-22-16)15-6-13(10-26-15)27-18(25)9-19(2)3-4-19/h5,8,13,15H,3-4,6-7,9-10H2,1-2H3,(H2,20,21,22,24). The van der Waals surface area contributed by atoms with Crippen LogP contribution in [0.25, 0.3) is 0 Å².